The lowest BCUT2D eigenvalue weighted by Crippen LogP contribution is -2.15. The Morgan fingerprint density at radius 2 is 2.06 bits per heavy atom. The summed E-state index contributed by atoms with van der Waals surface area (Å²) >= 11 is 0. The van der Waals surface area contributed by atoms with Gasteiger partial charge in [-0.05, 0) is 12.1 Å². The zero-order valence-corrected chi connectivity index (χ0v) is 9.29. The lowest BCUT2D eigenvalue weighted by Gasteiger charge is -1.97. The van der Waals surface area contributed by atoms with Gasteiger partial charge in [0.25, 0.3) is 5.56 Å². The number of fused-ring (bicyclic) bond motifs is 4. The van der Waals surface area contributed by atoms with Crippen molar-refractivity contribution in [3.8, 4) is 0 Å². The van der Waals surface area contributed by atoms with Crippen molar-refractivity contribution < 1.29 is 0 Å². The van der Waals surface area contributed by atoms with Gasteiger partial charge in [0.2, 0.25) is 5.78 Å². The van der Waals surface area contributed by atoms with Gasteiger partial charge in [-0.2, -0.15) is 4.98 Å². The minimum atomic E-state index is -0.0967. The van der Waals surface area contributed by atoms with Gasteiger partial charge in [0, 0.05) is 23.3 Å². The van der Waals surface area contributed by atoms with Crippen molar-refractivity contribution in [2.24, 2.45) is 0 Å². The molecule has 1 N–H and O–H groups in total. The number of rotatable bonds is 0. The maximum atomic E-state index is 12.4. The van der Waals surface area contributed by atoms with Crippen LogP contribution < -0.4 is 5.56 Å². The second kappa shape index (κ2) is 3.16. The number of H-pyrrole nitrogens is 1. The molecule has 4 aromatic rings. The van der Waals surface area contributed by atoms with Crippen molar-refractivity contribution in [3.63, 3.8) is 0 Å². The van der Waals surface area contributed by atoms with Gasteiger partial charge in [-0.3, -0.25) is 9.20 Å². The second-order valence-corrected chi connectivity index (χ2v) is 4.10. The van der Waals surface area contributed by atoms with Gasteiger partial charge in [-0.1, -0.05) is 18.2 Å². The highest BCUT2D eigenvalue weighted by atomic mass is 16.1. The Bertz CT molecular complexity index is 951. The highest BCUT2D eigenvalue weighted by molar-refractivity contribution is 6.05. The van der Waals surface area contributed by atoms with Crippen molar-refractivity contribution in [3.05, 3.63) is 53.1 Å². The molecule has 0 amide bonds. The van der Waals surface area contributed by atoms with Crippen molar-refractivity contribution in [2.75, 3.05) is 0 Å². The average molecular weight is 236 g/mol. The normalized spacial score (nSPS) is 11.6. The number of benzene rings is 1. The number of aromatic amines is 1. The van der Waals surface area contributed by atoms with Gasteiger partial charge in [0.15, 0.2) is 0 Å². The predicted octanol–water partition coefficient (Wildman–Crippen LogP) is 1.72. The zero-order valence-electron chi connectivity index (χ0n) is 9.29. The maximum Gasteiger partial charge on any atom is 0.269 e. The molecule has 0 radical (unpaired) electrons. The Kier molecular flexibility index (Phi) is 1.64. The van der Waals surface area contributed by atoms with Crippen LogP contribution in [0.5, 0.6) is 0 Å². The van der Waals surface area contributed by atoms with Gasteiger partial charge in [0.1, 0.15) is 5.65 Å². The molecule has 0 saturated carbocycles. The first kappa shape index (κ1) is 9.35. The Morgan fingerprint density at radius 1 is 1.17 bits per heavy atom. The van der Waals surface area contributed by atoms with Crippen LogP contribution in [-0.2, 0) is 0 Å². The highest BCUT2D eigenvalue weighted by Crippen LogP contribution is 2.20. The Labute approximate surface area is 101 Å². The van der Waals surface area contributed by atoms with E-state index in [4.69, 9.17) is 0 Å². The summed E-state index contributed by atoms with van der Waals surface area (Å²) in [5, 5.41) is 1.50. The monoisotopic (exact) mass is 236 g/mol. The fourth-order valence-electron chi connectivity index (χ4n) is 2.25. The highest BCUT2D eigenvalue weighted by Gasteiger charge is 2.11. The van der Waals surface area contributed by atoms with Crippen molar-refractivity contribution in [1.82, 2.24) is 19.4 Å². The van der Waals surface area contributed by atoms with Gasteiger partial charge >= 0.3 is 0 Å². The second-order valence-electron chi connectivity index (χ2n) is 4.10. The van der Waals surface area contributed by atoms with Crippen LogP contribution in [0.3, 0.4) is 0 Å². The number of hydrogen-bond acceptors (Lipinski definition) is 3. The molecule has 0 aliphatic heterocycles. The molecule has 0 fully saturated rings. The van der Waals surface area contributed by atoms with Crippen molar-refractivity contribution in [2.45, 2.75) is 0 Å². The fourth-order valence-corrected chi connectivity index (χ4v) is 2.25. The molecule has 18 heavy (non-hydrogen) atoms. The van der Waals surface area contributed by atoms with E-state index in [9.17, 15) is 4.79 Å². The SMILES string of the molecule is O=c1c2c(nc3ncccn13)[nH]c1ccccc12. The molecule has 0 aliphatic carbocycles. The molecule has 1 aromatic carbocycles. The van der Waals surface area contributed by atoms with E-state index in [2.05, 4.69) is 15.0 Å². The van der Waals surface area contributed by atoms with Crippen LogP contribution in [0.4, 0.5) is 0 Å². The van der Waals surface area contributed by atoms with E-state index >= 15 is 0 Å². The van der Waals surface area contributed by atoms with Gasteiger partial charge < -0.3 is 4.98 Å². The van der Waals surface area contributed by atoms with E-state index in [1.807, 2.05) is 24.3 Å². The molecule has 5 heteroatoms. The van der Waals surface area contributed by atoms with E-state index in [-0.39, 0.29) is 5.56 Å². The molecule has 3 aromatic heterocycles. The predicted molar refractivity (Wildman–Crippen MR) is 68.6 cm³/mol. The number of para-hydroxylation sites is 1. The molecule has 0 bridgehead atoms. The van der Waals surface area contributed by atoms with Gasteiger partial charge in [0.05, 0.1) is 5.39 Å². The minimum Gasteiger partial charge on any atom is -0.339 e. The molecule has 4 rings (SSSR count). The minimum absolute atomic E-state index is 0.0967. The maximum absolute atomic E-state index is 12.4. The molecular formula is C13H8N4O. The summed E-state index contributed by atoms with van der Waals surface area (Å²) in [5.41, 5.74) is 1.40. The van der Waals surface area contributed by atoms with Crippen LogP contribution in [0, 0.1) is 0 Å². The summed E-state index contributed by atoms with van der Waals surface area (Å²) in [6, 6.07) is 9.40. The smallest absolute Gasteiger partial charge is 0.269 e. The third kappa shape index (κ3) is 1.08. The summed E-state index contributed by atoms with van der Waals surface area (Å²) in [7, 11) is 0. The Morgan fingerprint density at radius 3 is 3.00 bits per heavy atom. The van der Waals surface area contributed by atoms with Gasteiger partial charge in [-0.15, -0.1) is 0 Å². The van der Waals surface area contributed by atoms with E-state index in [1.54, 1.807) is 18.5 Å². The number of nitrogens with one attached hydrogen (secondary N) is 1. The molecule has 0 saturated heterocycles. The largest absolute Gasteiger partial charge is 0.339 e. The van der Waals surface area contributed by atoms with Crippen LogP contribution in [0.15, 0.2) is 47.5 Å². The first-order valence-electron chi connectivity index (χ1n) is 5.58. The number of aromatic nitrogens is 4. The number of hydrogen-bond donors (Lipinski definition) is 1. The number of nitrogens with zero attached hydrogens (tertiary/aromatic N) is 3. The Balaban J connectivity index is 2.39. The average Bonchev–Trinajstić information content (AvgIpc) is 2.77. The summed E-state index contributed by atoms with van der Waals surface area (Å²) in [6.07, 6.45) is 3.30. The molecule has 86 valence electrons. The standard InChI is InChI=1S/C13H8N4O/c18-12-10-8-4-1-2-5-9(8)15-11(10)16-13-14-6-3-7-17(12)13/h1-7,15H. The summed E-state index contributed by atoms with van der Waals surface area (Å²) < 4.78 is 1.46. The third-order valence-corrected chi connectivity index (χ3v) is 3.06. The van der Waals surface area contributed by atoms with E-state index in [0.29, 0.717) is 16.8 Å². The quantitative estimate of drug-likeness (QED) is 0.505. The van der Waals surface area contributed by atoms with Crippen LogP contribution in [0.2, 0.25) is 0 Å². The molecule has 0 unspecified atom stereocenters. The summed E-state index contributed by atoms with van der Waals surface area (Å²) in [4.78, 5) is 24.0. The van der Waals surface area contributed by atoms with E-state index in [0.717, 1.165) is 10.9 Å². The molecule has 0 aliphatic rings. The van der Waals surface area contributed by atoms with Crippen LogP contribution in [0.1, 0.15) is 0 Å². The topological polar surface area (TPSA) is 63.1 Å². The van der Waals surface area contributed by atoms with E-state index in [1.165, 1.54) is 4.40 Å². The zero-order chi connectivity index (χ0) is 12.1. The summed E-state index contributed by atoms with van der Waals surface area (Å²) in [5.74, 6) is 0.404. The van der Waals surface area contributed by atoms with Crippen molar-refractivity contribution in [1.29, 1.82) is 0 Å². The first-order valence-corrected chi connectivity index (χ1v) is 5.58. The molecule has 0 atom stereocenters. The lowest BCUT2D eigenvalue weighted by molar-refractivity contribution is 1.02. The molecule has 5 nitrogen and oxygen atoms in total. The molecule has 0 spiro atoms. The van der Waals surface area contributed by atoms with Crippen LogP contribution in [-0.4, -0.2) is 19.4 Å². The Hall–Kier alpha value is -2.69. The molecular weight excluding hydrogens is 228 g/mol. The first-order chi connectivity index (χ1) is 8.84. The fraction of sp³-hybridized carbons (Fsp3) is 0. The van der Waals surface area contributed by atoms with Gasteiger partial charge in [-0.25, -0.2) is 4.98 Å². The third-order valence-electron chi connectivity index (χ3n) is 3.06. The van der Waals surface area contributed by atoms with Crippen LogP contribution in [0.25, 0.3) is 27.7 Å². The van der Waals surface area contributed by atoms with E-state index < -0.39 is 0 Å². The summed E-state index contributed by atoms with van der Waals surface area (Å²) in [6.45, 7) is 0. The molecule has 3 heterocycles. The van der Waals surface area contributed by atoms with Crippen molar-refractivity contribution >= 4 is 27.7 Å². The van der Waals surface area contributed by atoms with Crippen LogP contribution >= 0.6 is 0 Å². The lowest BCUT2D eigenvalue weighted by atomic mass is 10.2.